The van der Waals surface area contributed by atoms with Gasteiger partial charge in [-0.25, -0.2) is 9.82 Å². The third kappa shape index (κ3) is 8.10. The van der Waals surface area contributed by atoms with E-state index in [1.807, 2.05) is 0 Å². The number of amides is 2. The minimum atomic E-state index is -0.468. The molecule has 2 N–H and O–H groups in total. The Morgan fingerprint density at radius 1 is 0.909 bits per heavy atom. The molecule has 0 aliphatic rings. The predicted octanol–water partition coefficient (Wildman–Crippen LogP) is 4.68. The minimum Gasteiger partial charge on any atom is -0.484 e. The van der Waals surface area contributed by atoms with E-state index in [-0.39, 0.29) is 24.9 Å². The maximum absolute atomic E-state index is 12.9. The molecule has 0 aliphatic carbocycles. The molecule has 3 aromatic rings. The summed E-state index contributed by atoms with van der Waals surface area (Å²) < 4.78 is 23.6. The van der Waals surface area contributed by atoms with Crippen LogP contribution in [-0.4, -0.2) is 31.2 Å². The lowest BCUT2D eigenvalue weighted by molar-refractivity contribution is -0.123. The summed E-state index contributed by atoms with van der Waals surface area (Å²) in [6.45, 7) is -0.482. The summed E-state index contributed by atoms with van der Waals surface area (Å²) in [5.74, 6) is -0.425. The fourth-order valence-corrected chi connectivity index (χ4v) is 2.94. The van der Waals surface area contributed by atoms with Crippen molar-refractivity contribution in [1.29, 1.82) is 0 Å². The Kier molecular flexibility index (Phi) is 8.63. The third-order valence-electron chi connectivity index (χ3n) is 4.03. The maximum Gasteiger partial charge on any atom is 0.277 e. The van der Waals surface area contributed by atoms with Crippen LogP contribution in [0.25, 0.3) is 0 Å². The van der Waals surface area contributed by atoms with Gasteiger partial charge in [-0.15, -0.1) is 0 Å². The number of nitrogens with zero attached hydrogens (tertiary/aromatic N) is 1. The number of ether oxygens (including phenoxy) is 2. The van der Waals surface area contributed by atoms with E-state index < -0.39 is 5.91 Å². The van der Waals surface area contributed by atoms with Gasteiger partial charge in [0.25, 0.3) is 11.8 Å². The van der Waals surface area contributed by atoms with Gasteiger partial charge in [0.15, 0.2) is 13.2 Å². The number of hydrogen-bond acceptors (Lipinski definition) is 5. The second-order valence-electron chi connectivity index (χ2n) is 6.57. The Morgan fingerprint density at radius 2 is 1.61 bits per heavy atom. The van der Waals surface area contributed by atoms with E-state index in [9.17, 15) is 14.0 Å². The van der Waals surface area contributed by atoms with E-state index in [1.165, 1.54) is 36.5 Å². The Morgan fingerprint density at radius 3 is 2.30 bits per heavy atom. The molecule has 33 heavy (non-hydrogen) atoms. The summed E-state index contributed by atoms with van der Waals surface area (Å²) >= 11 is 11.8. The van der Waals surface area contributed by atoms with Gasteiger partial charge in [0.05, 0.1) is 11.2 Å². The van der Waals surface area contributed by atoms with Gasteiger partial charge in [0.1, 0.15) is 17.3 Å². The molecule has 0 fully saturated rings. The highest BCUT2D eigenvalue weighted by atomic mass is 35.5. The van der Waals surface area contributed by atoms with Crippen molar-refractivity contribution in [2.45, 2.75) is 0 Å². The van der Waals surface area contributed by atoms with Crippen LogP contribution in [0.4, 0.5) is 10.1 Å². The number of carbonyl (C=O) groups is 2. The lowest BCUT2D eigenvalue weighted by Gasteiger charge is -2.08. The van der Waals surface area contributed by atoms with Gasteiger partial charge in [-0.05, 0) is 72.3 Å². The molecule has 0 saturated carbocycles. The zero-order chi connectivity index (χ0) is 23.6. The molecule has 3 rings (SSSR count). The largest absolute Gasteiger partial charge is 0.484 e. The normalized spacial score (nSPS) is 10.6. The SMILES string of the molecule is O=C(COc1ccc(Cl)cc1Cl)N/N=C\c1ccc(OCC(=O)Nc2ccc(F)cc2)cc1. The summed E-state index contributed by atoms with van der Waals surface area (Å²) in [5.41, 5.74) is 3.51. The molecule has 0 unspecified atom stereocenters. The summed E-state index contributed by atoms with van der Waals surface area (Å²) in [6.07, 6.45) is 1.44. The molecular formula is C23H18Cl2FN3O4. The summed E-state index contributed by atoms with van der Waals surface area (Å²) in [4.78, 5) is 23.7. The molecule has 2 amide bonds. The Balaban J connectivity index is 1.39. The first kappa shape index (κ1) is 24.0. The Hall–Kier alpha value is -3.62. The lowest BCUT2D eigenvalue weighted by Crippen LogP contribution is -2.24. The van der Waals surface area contributed by atoms with Crippen LogP contribution in [0.1, 0.15) is 5.56 Å². The van der Waals surface area contributed by atoms with Crippen molar-refractivity contribution in [3.63, 3.8) is 0 Å². The van der Waals surface area contributed by atoms with Gasteiger partial charge in [-0.3, -0.25) is 9.59 Å². The van der Waals surface area contributed by atoms with E-state index in [1.54, 1.807) is 36.4 Å². The molecule has 0 spiro atoms. The second kappa shape index (κ2) is 11.8. The van der Waals surface area contributed by atoms with Gasteiger partial charge in [0.2, 0.25) is 0 Å². The number of carbonyl (C=O) groups excluding carboxylic acids is 2. The molecule has 0 aromatic heterocycles. The third-order valence-corrected chi connectivity index (χ3v) is 4.56. The highest BCUT2D eigenvalue weighted by Crippen LogP contribution is 2.27. The number of halogens is 3. The number of nitrogens with one attached hydrogen (secondary N) is 2. The van der Waals surface area contributed by atoms with Crippen LogP contribution in [0.15, 0.2) is 71.8 Å². The number of hydrogen-bond donors (Lipinski definition) is 2. The van der Waals surface area contributed by atoms with E-state index >= 15 is 0 Å². The van der Waals surface area contributed by atoms with E-state index in [2.05, 4.69) is 15.8 Å². The van der Waals surface area contributed by atoms with Gasteiger partial charge < -0.3 is 14.8 Å². The fourth-order valence-electron chi connectivity index (χ4n) is 2.48. The molecule has 10 heteroatoms. The van der Waals surface area contributed by atoms with Crippen molar-refractivity contribution in [3.8, 4) is 11.5 Å². The molecule has 0 bridgehead atoms. The molecule has 7 nitrogen and oxygen atoms in total. The number of anilines is 1. The van der Waals surface area contributed by atoms with Crippen LogP contribution in [0, 0.1) is 5.82 Å². The first-order chi connectivity index (χ1) is 15.9. The number of hydrazone groups is 1. The Bertz CT molecular complexity index is 1140. The topological polar surface area (TPSA) is 89.0 Å². The molecule has 0 radical (unpaired) electrons. The quantitative estimate of drug-likeness (QED) is 0.337. The summed E-state index contributed by atoms with van der Waals surface area (Å²) in [5, 5.41) is 7.22. The van der Waals surface area contributed by atoms with Crippen molar-refractivity contribution in [1.82, 2.24) is 5.43 Å². The first-order valence-corrected chi connectivity index (χ1v) is 10.3. The van der Waals surface area contributed by atoms with Crippen LogP contribution >= 0.6 is 23.2 Å². The van der Waals surface area contributed by atoms with Crippen LogP contribution in [0.3, 0.4) is 0 Å². The van der Waals surface area contributed by atoms with Gasteiger partial charge >= 0.3 is 0 Å². The van der Waals surface area contributed by atoms with E-state index in [0.29, 0.717) is 32.8 Å². The highest BCUT2D eigenvalue weighted by molar-refractivity contribution is 6.35. The maximum atomic E-state index is 12.9. The van der Waals surface area contributed by atoms with E-state index in [4.69, 9.17) is 32.7 Å². The smallest absolute Gasteiger partial charge is 0.277 e. The molecule has 0 aliphatic heterocycles. The van der Waals surface area contributed by atoms with Gasteiger partial charge in [-0.1, -0.05) is 23.2 Å². The van der Waals surface area contributed by atoms with Crippen molar-refractivity contribution in [2.75, 3.05) is 18.5 Å². The average molecular weight is 490 g/mol. The summed E-state index contributed by atoms with van der Waals surface area (Å²) in [6, 6.07) is 16.8. The molecule has 170 valence electrons. The van der Waals surface area contributed by atoms with Crippen molar-refractivity contribution >= 4 is 46.9 Å². The van der Waals surface area contributed by atoms with Crippen LogP contribution in [0.2, 0.25) is 10.0 Å². The first-order valence-electron chi connectivity index (χ1n) is 9.57. The standard InChI is InChI=1S/C23H18Cl2FN3O4/c24-16-3-10-21(20(25)11-16)33-14-23(31)29-27-12-15-1-8-19(9-2-15)32-13-22(30)28-18-6-4-17(26)5-7-18/h1-12H,13-14H2,(H,28,30)(H,29,31)/b27-12-. The lowest BCUT2D eigenvalue weighted by atomic mass is 10.2. The second-order valence-corrected chi connectivity index (χ2v) is 7.41. The van der Waals surface area contributed by atoms with Crippen LogP contribution in [-0.2, 0) is 9.59 Å². The molecule has 0 atom stereocenters. The van der Waals surface area contributed by atoms with Gasteiger partial charge in [-0.2, -0.15) is 5.10 Å². The zero-order valence-corrected chi connectivity index (χ0v) is 18.6. The average Bonchev–Trinajstić information content (AvgIpc) is 2.79. The van der Waals surface area contributed by atoms with Crippen molar-refractivity contribution < 1.29 is 23.5 Å². The minimum absolute atomic E-state index is 0.210. The number of rotatable bonds is 9. The highest BCUT2D eigenvalue weighted by Gasteiger charge is 2.06. The number of benzene rings is 3. The molecule has 0 heterocycles. The molecular weight excluding hydrogens is 472 g/mol. The fraction of sp³-hybridized carbons (Fsp3) is 0.0870. The van der Waals surface area contributed by atoms with Gasteiger partial charge in [0, 0.05) is 10.7 Å². The predicted molar refractivity (Wildman–Crippen MR) is 125 cm³/mol. The Labute approximate surface area is 199 Å². The van der Waals surface area contributed by atoms with Crippen LogP contribution in [0.5, 0.6) is 11.5 Å². The monoisotopic (exact) mass is 489 g/mol. The molecule has 0 saturated heterocycles. The summed E-state index contributed by atoms with van der Waals surface area (Å²) in [7, 11) is 0. The molecule has 3 aromatic carbocycles. The van der Waals surface area contributed by atoms with Crippen molar-refractivity contribution in [3.05, 3.63) is 88.2 Å². The van der Waals surface area contributed by atoms with Crippen LogP contribution < -0.4 is 20.2 Å². The van der Waals surface area contributed by atoms with E-state index in [0.717, 1.165) is 0 Å². The van der Waals surface area contributed by atoms with Crippen molar-refractivity contribution in [2.24, 2.45) is 5.10 Å². The zero-order valence-electron chi connectivity index (χ0n) is 17.1.